The lowest BCUT2D eigenvalue weighted by Crippen LogP contribution is -2.67. The summed E-state index contributed by atoms with van der Waals surface area (Å²) in [6, 6.07) is 7.74. The Morgan fingerprint density at radius 2 is 1.73 bits per heavy atom. The summed E-state index contributed by atoms with van der Waals surface area (Å²) in [5.74, 6) is -1.01. The van der Waals surface area contributed by atoms with Gasteiger partial charge in [-0.3, -0.25) is 4.79 Å². The Kier molecular flexibility index (Phi) is 10.7. The van der Waals surface area contributed by atoms with Crippen molar-refractivity contribution >= 4 is 35.2 Å². The van der Waals surface area contributed by atoms with Crippen LogP contribution in [0.4, 0.5) is 4.39 Å². The van der Waals surface area contributed by atoms with Gasteiger partial charge in [0.05, 0.1) is 17.2 Å². The largest absolute Gasteiger partial charge is 0.488 e. The molecule has 2 aliphatic heterocycles. The monoisotopic (exact) mass is 669 g/mol. The first kappa shape index (κ1) is 33.6. The number of rotatable bonds is 9. The minimum atomic E-state index is -1.49. The van der Waals surface area contributed by atoms with Crippen molar-refractivity contribution in [2.45, 2.75) is 75.3 Å². The predicted octanol–water partition coefficient (Wildman–Crippen LogP) is 2.74. The van der Waals surface area contributed by atoms with E-state index in [1.54, 1.807) is 31.2 Å². The highest BCUT2D eigenvalue weighted by molar-refractivity contribution is 6.35. The van der Waals surface area contributed by atoms with Crippen LogP contribution < -0.4 is 14.8 Å². The first-order valence-electron chi connectivity index (χ1n) is 14.2. The summed E-state index contributed by atoms with van der Waals surface area (Å²) in [4.78, 5) is 12.8. The number of hydrogen-bond acceptors (Lipinski definition) is 10. The van der Waals surface area contributed by atoms with Crippen LogP contribution in [0.15, 0.2) is 53.6 Å². The zero-order valence-electron chi connectivity index (χ0n) is 24.3. The molecule has 1 amide bonds. The molecule has 0 aromatic heterocycles. The molecule has 0 spiro atoms. The maximum Gasteiger partial charge on any atom is 0.247 e. The Morgan fingerprint density at radius 1 is 1.02 bits per heavy atom. The third-order valence-corrected chi connectivity index (χ3v) is 8.46. The first-order valence-corrected chi connectivity index (χ1v) is 15.0. The topological polar surface area (TPSA) is 156 Å². The van der Waals surface area contributed by atoms with Crippen molar-refractivity contribution in [1.29, 1.82) is 0 Å². The van der Waals surface area contributed by atoms with Gasteiger partial charge in [0.2, 0.25) is 12.2 Å². The number of carbonyl (C=O) groups excluding carboxylic acids is 1. The number of nitrogens with one attached hydrogen (secondary N) is 1. The van der Waals surface area contributed by atoms with Crippen LogP contribution in [0.2, 0.25) is 10.0 Å². The van der Waals surface area contributed by atoms with Gasteiger partial charge in [0.25, 0.3) is 0 Å². The molecule has 244 valence electrons. The number of ether oxygens (including phenoxy) is 5. The number of fused-ring (bicyclic) bond motifs is 1. The summed E-state index contributed by atoms with van der Waals surface area (Å²) in [6.45, 7) is 3.27. The number of aliphatic hydroxyl groups is 4. The molecule has 14 heteroatoms. The number of aliphatic hydroxyl groups excluding tert-OH is 4. The third-order valence-electron chi connectivity index (χ3n) is 7.93. The number of carbonyl (C=O) groups is 1. The summed E-state index contributed by atoms with van der Waals surface area (Å²) in [6.07, 6.45) is -5.24. The molecule has 9 atom stereocenters. The van der Waals surface area contributed by atoms with Crippen LogP contribution >= 0.6 is 23.2 Å². The predicted molar refractivity (Wildman–Crippen MR) is 160 cm³/mol. The van der Waals surface area contributed by atoms with E-state index >= 15 is 0 Å². The van der Waals surface area contributed by atoms with E-state index in [9.17, 15) is 29.6 Å². The van der Waals surface area contributed by atoms with E-state index in [2.05, 4.69) is 5.32 Å². The molecule has 1 aliphatic carbocycles. The molecule has 3 fully saturated rings. The van der Waals surface area contributed by atoms with Crippen molar-refractivity contribution < 1.29 is 53.3 Å². The standard InChI is InChI=1S/C31H34Cl2FNO10/c1-14(7-8-41-21-6-4-17(32)11-18(21)33)28-20(36)12-23(45-28)44-22-5-3-16(10-19(22)34)9-15(2)31(40)35-24-25(37)27(39)30-29(26(24)38)42-13-43-30/h3-7,9-11,20,23-30,36-39H,8,12-13H2,1-2H3,(H,35,40)/t20-,23+,24+,25-,26+,27+,28+,29-,30+/m0/s1. The average Bonchev–Trinajstić information content (AvgIpc) is 3.63. The van der Waals surface area contributed by atoms with Crippen LogP contribution in [0.1, 0.15) is 25.8 Å². The van der Waals surface area contributed by atoms with Gasteiger partial charge in [0.15, 0.2) is 11.6 Å². The van der Waals surface area contributed by atoms with Gasteiger partial charge in [-0.2, -0.15) is 0 Å². The molecule has 5 N–H and O–H groups in total. The van der Waals surface area contributed by atoms with E-state index in [1.165, 1.54) is 31.2 Å². The Labute approximate surface area is 268 Å². The lowest BCUT2D eigenvalue weighted by molar-refractivity contribution is -0.155. The number of hydrogen-bond donors (Lipinski definition) is 5. The van der Waals surface area contributed by atoms with E-state index in [0.29, 0.717) is 26.9 Å². The summed E-state index contributed by atoms with van der Waals surface area (Å²) in [5, 5.41) is 45.2. The quantitative estimate of drug-likeness (QED) is 0.199. The van der Waals surface area contributed by atoms with Gasteiger partial charge >= 0.3 is 0 Å². The van der Waals surface area contributed by atoms with Crippen LogP contribution in [0.3, 0.4) is 0 Å². The molecule has 3 aliphatic rings. The van der Waals surface area contributed by atoms with Gasteiger partial charge in [0.1, 0.15) is 55.8 Å². The Morgan fingerprint density at radius 3 is 2.44 bits per heavy atom. The molecule has 1 saturated carbocycles. The molecule has 45 heavy (non-hydrogen) atoms. The van der Waals surface area contributed by atoms with Crippen molar-refractivity contribution in [1.82, 2.24) is 5.32 Å². The molecule has 0 radical (unpaired) electrons. The second kappa shape index (κ2) is 14.3. The third kappa shape index (κ3) is 7.62. The molecule has 2 aromatic carbocycles. The maximum absolute atomic E-state index is 15.0. The summed E-state index contributed by atoms with van der Waals surface area (Å²) < 4.78 is 42.7. The normalized spacial score (nSPS) is 31.9. The molecule has 11 nitrogen and oxygen atoms in total. The highest BCUT2D eigenvalue weighted by Gasteiger charge is 2.53. The summed E-state index contributed by atoms with van der Waals surface area (Å²) in [7, 11) is 0. The lowest BCUT2D eigenvalue weighted by Gasteiger charge is -2.41. The summed E-state index contributed by atoms with van der Waals surface area (Å²) >= 11 is 12.0. The number of amides is 1. The van der Waals surface area contributed by atoms with Crippen molar-refractivity contribution in [2.24, 2.45) is 0 Å². The molecular formula is C31H34Cl2FNO10. The smallest absolute Gasteiger partial charge is 0.247 e. The minimum absolute atomic E-state index is 0.104. The highest BCUT2D eigenvalue weighted by atomic mass is 35.5. The molecule has 2 aromatic rings. The molecule has 2 heterocycles. The molecule has 0 bridgehead atoms. The molecule has 2 saturated heterocycles. The van der Waals surface area contributed by atoms with Crippen molar-refractivity contribution in [2.75, 3.05) is 13.4 Å². The zero-order valence-corrected chi connectivity index (χ0v) is 25.8. The van der Waals surface area contributed by atoms with Gasteiger partial charge in [-0.1, -0.05) is 29.3 Å². The van der Waals surface area contributed by atoms with Crippen LogP contribution in [-0.2, 0) is 19.0 Å². The van der Waals surface area contributed by atoms with Gasteiger partial charge in [-0.05, 0) is 67.5 Å². The SMILES string of the molecule is CC(=Cc1ccc(O[C@H]2C[C@H](O)[C@@H](C(C)=CCOc3ccc(Cl)cc3Cl)O2)c(F)c1)C(=O)N[C@@H]1[C@H](O)[C@@H](O)[C@H]2OCO[C@H]2[C@@H]1O. The lowest BCUT2D eigenvalue weighted by atomic mass is 9.83. The molecule has 5 rings (SSSR count). The second-order valence-electron chi connectivity index (χ2n) is 11.1. The average molecular weight is 671 g/mol. The Balaban J connectivity index is 1.15. The number of halogens is 3. The van der Waals surface area contributed by atoms with Crippen LogP contribution in [0.5, 0.6) is 11.5 Å². The van der Waals surface area contributed by atoms with E-state index in [0.717, 1.165) is 0 Å². The van der Waals surface area contributed by atoms with Gasteiger partial charge in [-0.15, -0.1) is 0 Å². The van der Waals surface area contributed by atoms with Crippen molar-refractivity contribution in [3.63, 3.8) is 0 Å². The van der Waals surface area contributed by atoms with E-state index in [4.69, 9.17) is 46.9 Å². The van der Waals surface area contributed by atoms with Crippen molar-refractivity contribution in [3.8, 4) is 11.5 Å². The van der Waals surface area contributed by atoms with Gasteiger partial charge in [-0.25, -0.2) is 4.39 Å². The molecular weight excluding hydrogens is 636 g/mol. The highest BCUT2D eigenvalue weighted by Crippen LogP contribution is 2.32. The fourth-order valence-electron chi connectivity index (χ4n) is 5.47. The van der Waals surface area contributed by atoms with E-state index in [-0.39, 0.29) is 31.1 Å². The zero-order chi connectivity index (χ0) is 32.4. The Bertz CT molecular complexity index is 1460. The van der Waals surface area contributed by atoms with Crippen molar-refractivity contribution in [3.05, 3.63) is 75.0 Å². The van der Waals surface area contributed by atoms with Crippen LogP contribution in [0, 0.1) is 5.82 Å². The first-order chi connectivity index (χ1) is 21.4. The van der Waals surface area contributed by atoms with E-state index < -0.39 is 66.8 Å². The van der Waals surface area contributed by atoms with Crippen LogP contribution in [0.25, 0.3) is 6.08 Å². The second-order valence-corrected chi connectivity index (χ2v) is 12.0. The maximum atomic E-state index is 15.0. The number of benzene rings is 2. The molecule has 0 unspecified atom stereocenters. The van der Waals surface area contributed by atoms with Gasteiger partial charge in [0, 0.05) is 17.0 Å². The summed E-state index contributed by atoms with van der Waals surface area (Å²) in [5.41, 5.74) is 1.19. The Hall–Kier alpha value is -2.78. The van der Waals surface area contributed by atoms with Gasteiger partial charge < -0.3 is 49.4 Å². The van der Waals surface area contributed by atoms with E-state index in [1.807, 2.05) is 0 Å². The van der Waals surface area contributed by atoms with Crippen LogP contribution in [-0.4, -0.2) is 94.8 Å². The minimum Gasteiger partial charge on any atom is -0.488 e. The fraction of sp³-hybridized carbons (Fsp3) is 0.452. The fourth-order valence-corrected chi connectivity index (χ4v) is 5.93.